The number of rotatable bonds is 17. The summed E-state index contributed by atoms with van der Waals surface area (Å²) in [5, 5.41) is 12.6. The van der Waals surface area contributed by atoms with Crippen molar-refractivity contribution < 1.29 is 76.9 Å². The lowest BCUT2D eigenvalue weighted by atomic mass is 9.85. The number of hydrogen-bond acceptors (Lipinski definition) is 20. The molecule has 4 amide bonds. The Hall–Kier alpha value is -5.40. The standard InChI is InChI=1S/2C25H36ClN3O4S.C24H34ClN3O4S.C23H33ClN2O5S/c2*26-19-7-10-22(11-8-19)34(31,32)29-21-5-4-6-23(29)24(12-9-21)33-25(30)28-17-13-20(14-18-28)27-15-2-1-3-16-27;25-18-6-9-21(10-7-18)33(30,31)28-20-4-3-5-22(28)23(11-8-20)32-24(29)27-16-12-19(13-17-27)26-14-1-2-15-26;1-2-12-23(28)13-15-25(16-14-23)22(27)31-21-11-8-18-4-3-5-20(21)26(18)32(29,30)19-9-6-17(24)7-10-19/h2*7-8,10-11,20-21,23-24H,1-6,9,12-18H2;6-7,9-10,19-20,22-23H,1-5,8,11-17H2;6-7,9-10,18,20-21,28H,2-5,8,11-16H2,1H3/t2*21?,23?,24-;20?,22?,23-;18?,20?,21-/m1000/s1. The largest absolute Gasteiger partial charge is 0.444 e. The third-order valence-electron chi connectivity index (χ3n) is 31.6. The Kier molecular flexibility index (Phi) is 34.1. The maximum absolute atomic E-state index is 13.6. The first-order valence-electron chi connectivity index (χ1n) is 50.0. The van der Waals surface area contributed by atoms with Crippen LogP contribution in [0.2, 0.25) is 20.1 Å². The first kappa shape index (κ1) is 101. The molecule has 4 aromatic carbocycles. The lowest BCUT2D eigenvalue weighted by Crippen LogP contribution is -2.59. The molecule has 0 saturated carbocycles. The fourth-order valence-electron chi connectivity index (χ4n) is 24.5. The summed E-state index contributed by atoms with van der Waals surface area (Å²) >= 11 is 23.9. The van der Waals surface area contributed by atoms with Crippen LogP contribution >= 0.6 is 46.4 Å². The average molecular weight is 2000 g/mol. The summed E-state index contributed by atoms with van der Waals surface area (Å²) in [4.78, 5) is 67.9. The van der Waals surface area contributed by atoms with Crippen molar-refractivity contribution in [2.24, 2.45) is 0 Å². The number of carbonyl (C=O) groups excluding carboxylic acids is 4. The van der Waals surface area contributed by atoms with Crippen molar-refractivity contribution in [1.29, 1.82) is 0 Å². The maximum Gasteiger partial charge on any atom is 0.410 e. The van der Waals surface area contributed by atoms with Crippen molar-refractivity contribution in [3.63, 3.8) is 0 Å². The minimum Gasteiger partial charge on any atom is -0.444 e. The molecule has 736 valence electrons. The number of fused-ring (bicyclic) bond motifs is 8. The number of sulfonamides is 4. The molecule has 1 N–H and O–H groups in total. The Bertz CT molecular complexity index is 4860. The molecule has 0 radical (unpaired) electrons. The quantitative estimate of drug-likeness (QED) is 0.0960. The van der Waals surface area contributed by atoms with E-state index in [2.05, 4.69) is 14.7 Å². The van der Waals surface area contributed by atoms with Crippen molar-refractivity contribution in [1.82, 2.24) is 51.5 Å². The number of piperidine rings is 14. The van der Waals surface area contributed by atoms with Gasteiger partial charge >= 0.3 is 24.4 Å². The Morgan fingerprint density at radius 1 is 0.286 bits per heavy atom. The summed E-state index contributed by atoms with van der Waals surface area (Å²) in [5.74, 6) is 0. The molecule has 0 aliphatic carbocycles. The number of nitrogens with zero attached hydrogens (tertiary/aromatic N) is 11. The number of carbonyl (C=O) groups is 4. The van der Waals surface area contributed by atoms with Gasteiger partial charge in [0.25, 0.3) is 0 Å². The maximum atomic E-state index is 13.6. The number of benzene rings is 4. The molecule has 8 unspecified atom stereocenters. The van der Waals surface area contributed by atoms with Gasteiger partial charge in [0.1, 0.15) is 24.4 Å². The summed E-state index contributed by atoms with van der Waals surface area (Å²) in [5.41, 5.74) is -0.698. The van der Waals surface area contributed by atoms with Crippen LogP contribution in [0.4, 0.5) is 19.2 Å². The van der Waals surface area contributed by atoms with Gasteiger partial charge < -0.3 is 58.4 Å². The second kappa shape index (κ2) is 45.0. The number of ether oxygens (including phenoxy) is 4. The van der Waals surface area contributed by atoms with Gasteiger partial charge in [-0.3, -0.25) is 0 Å². The highest BCUT2D eigenvalue weighted by Gasteiger charge is 2.54. The van der Waals surface area contributed by atoms with E-state index in [4.69, 9.17) is 65.4 Å². The van der Waals surface area contributed by atoms with Gasteiger partial charge in [0.15, 0.2) is 0 Å². The van der Waals surface area contributed by atoms with Crippen LogP contribution in [0.5, 0.6) is 0 Å². The fourth-order valence-corrected chi connectivity index (χ4v) is 32.7. The molecular formula is C97H139Cl4N11O17S4. The van der Waals surface area contributed by atoms with E-state index >= 15 is 0 Å². The molecule has 15 aliphatic heterocycles. The minimum atomic E-state index is -3.72. The summed E-state index contributed by atoms with van der Waals surface area (Å²) in [6.45, 7) is 14.3. The molecule has 19 rings (SSSR count). The van der Waals surface area contributed by atoms with Gasteiger partial charge in [-0.25, -0.2) is 52.8 Å². The van der Waals surface area contributed by atoms with Gasteiger partial charge in [-0.2, -0.15) is 17.2 Å². The molecule has 15 heterocycles. The molecule has 12 atom stereocenters. The number of amides is 4. The van der Waals surface area contributed by atoms with E-state index in [9.17, 15) is 58.0 Å². The van der Waals surface area contributed by atoms with Crippen molar-refractivity contribution in [3.8, 4) is 0 Å². The van der Waals surface area contributed by atoms with Gasteiger partial charge in [-0.15, -0.1) is 0 Å². The van der Waals surface area contributed by atoms with Crippen LogP contribution in [0.25, 0.3) is 0 Å². The normalized spacial score (nSPS) is 29.4. The molecule has 133 heavy (non-hydrogen) atoms. The fraction of sp³-hybridized carbons (Fsp3) is 0.711. The smallest absolute Gasteiger partial charge is 0.410 e. The zero-order valence-corrected chi connectivity index (χ0v) is 83.5. The Morgan fingerprint density at radius 3 is 0.729 bits per heavy atom. The van der Waals surface area contributed by atoms with E-state index in [1.807, 2.05) is 21.6 Å². The number of likely N-dealkylation sites (tertiary alicyclic amines) is 7. The van der Waals surface area contributed by atoms with Gasteiger partial charge in [0.2, 0.25) is 40.1 Å². The highest BCUT2D eigenvalue weighted by atomic mass is 35.5. The monoisotopic (exact) mass is 2000 g/mol. The van der Waals surface area contributed by atoms with E-state index in [1.54, 1.807) is 107 Å². The highest BCUT2D eigenvalue weighted by Crippen LogP contribution is 2.46. The zero-order valence-electron chi connectivity index (χ0n) is 77.2. The third kappa shape index (κ3) is 23.8. The summed E-state index contributed by atoms with van der Waals surface area (Å²) in [6, 6.07) is 25.6. The Morgan fingerprint density at radius 2 is 0.504 bits per heavy atom. The first-order chi connectivity index (χ1) is 64.0. The SMILES string of the molecule is CCCC1(O)CCN(C(=O)O[C@H]2CCC3CCCC2N3S(=O)(=O)c2ccc(Cl)cc2)CC1.O=C(O[C@@H]1CCC2CCCC1N2S(=O)(=O)c1ccc(Cl)cc1)N1CCC(N2CCCCC2)CC1.O=C(O[C@H]1CCC2CCCC1N2S(=O)(=O)c1ccc(Cl)cc1)N1CCC(N2CCCC2)CC1.O=C(O[C@H]1CCC2CCCC1N2S(=O)(=O)c1ccc(Cl)cc1)N1CCC(N2CCCCC2)CC1. The van der Waals surface area contributed by atoms with E-state index in [0.717, 1.165) is 161 Å². The van der Waals surface area contributed by atoms with E-state index < -0.39 is 76.2 Å². The highest BCUT2D eigenvalue weighted by molar-refractivity contribution is 7.90. The van der Waals surface area contributed by atoms with Gasteiger partial charge in [0, 0.05) is 115 Å². The number of aliphatic hydroxyl groups is 1. The van der Waals surface area contributed by atoms with Crippen LogP contribution in [0.1, 0.15) is 251 Å². The zero-order chi connectivity index (χ0) is 93.4. The molecule has 15 aliphatic rings. The summed E-state index contributed by atoms with van der Waals surface area (Å²) < 4.78 is 139. The predicted molar refractivity (Wildman–Crippen MR) is 512 cm³/mol. The van der Waals surface area contributed by atoms with Crippen molar-refractivity contribution in [3.05, 3.63) is 117 Å². The lowest BCUT2D eigenvalue weighted by Gasteiger charge is -2.48. The van der Waals surface area contributed by atoms with Gasteiger partial charge in [-0.05, 0) is 335 Å². The average Bonchev–Trinajstić information content (AvgIpc) is 1.03. The van der Waals surface area contributed by atoms with Crippen LogP contribution in [0, 0.1) is 0 Å². The van der Waals surface area contributed by atoms with Crippen LogP contribution in [-0.4, -0.2) is 303 Å². The molecule has 0 spiro atoms. The van der Waals surface area contributed by atoms with Crippen molar-refractivity contribution in [2.75, 3.05) is 91.6 Å². The molecule has 36 heteroatoms. The minimum absolute atomic E-state index is 0.0319. The van der Waals surface area contributed by atoms with Crippen molar-refractivity contribution in [2.45, 2.75) is 367 Å². The summed E-state index contributed by atoms with van der Waals surface area (Å²) in [7, 11) is -14.8. The molecule has 28 nitrogen and oxygen atoms in total. The van der Waals surface area contributed by atoms with Crippen LogP contribution < -0.4 is 0 Å². The predicted octanol–water partition coefficient (Wildman–Crippen LogP) is 17.3. The number of hydrogen-bond donors (Lipinski definition) is 1. The Balaban J connectivity index is 0.000000129. The summed E-state index contributed by atoms with van der Waals surface area (Å²) in [6.07, 6.45) is 31.8. The molecule has 15 saturated heterocycles. The second-order valence-electron chi connectivity index (χ2n) is 39.8. The van der Waals surface area contributed by atoms with Crippen LogP contribution in [0.3, 0.4) is 0 Å². The molecular weight excluding hydrogens is 1860 g/mol. The van der Waals surface area contributed by atoms with Gasteiger partial charge in [-0.1, -0.05) is 98.3 Å². The molecule has 15 fully saturated rings. The second-order valence-corrected chi connectivity index (χ2v) is 48.9. The van der Waals surface area contributed by atoms with Crippen LogP contribution in [0.15, 0.2) is 117 Å². The van der Waals surface area contributed by atoms with Crippen molar-refractivity contribution >= 4 is 111 Å². The molecule has 8 bridgehead atoms. The number of halogens is 4. The Labute approximate surface area is 809 Å². The van der Waals surface area contributed by atoms with E-state index in [1.165, 1.54) is 103 Å². The molecule has 0 aromatic heterocycles. The first-order valence-corrected chi connectivity index (χ1v) is 57.2. The van der Waals surface area contributed by atoms with Crippen LogP contribution in [-0.2, 0) is 59.0 Å². The lowest BCUT2D eigenvalue weighted by molar-refractivity contribution is -0.0487. The third-order valence-corrected chi connectivity index (χ3v) is 40.6. The van der Waals surface area contributed by atoms with Gasteiger partial charge in [0.05, 0.1) is 49.4 Å². The molecule has 4 aromatic rings. The topological polar surface area (TPSA) is 298 Å². The van der Waals surface area contributed by atoms with E-state index in [-0.39, 0.29) is 86.2 Å². The van der Waals surface area contributed by atoms with E-state index in [0.29, 0.717) is 123 Å².